The predicted octanol–water partition coefficient (Wildman–Crippen LogP) is 2.23. The Labute approximate surface area is 150 Å². The Morgan fingerprint density at radius 3 is 2.65 bits per heavy atom. The van der Waals surface area contributed by atoms with Gasteiger partial charge < -0.3 is 9.84 Å². The number of benzene rings is 2. The normalized spacial score (nSPS) is 18.1. The van der Waals surface area contributed by atoms with Crippen LogP contribution in [0.1, 0.15) is 22.3 Å². The van der Waals surface area contributed by atoms with Gasteiger partial charge in [-0.05, 0) is 37.3 Å². The third kappa shape index (κ3) is 3.92. The maximum absolute atomic E-state index is 13.2. The summed E-state index contributed by atoms with van der Waals surface area (Å²) < 4.78 is 47.9. The van der Waals surface area contributed by atoms with E-state index in [9.17, 15) is 22.7 Å². The maximum atomic E-state index is 13.2. The molecule has 3 rings (SSSR count). The van der Waals surface area contributed by atoms with Gasteiger partial charge in [0.2, 0.25) is 0 Å². The third-order valence-corrected chi connectivity index (χ3v) is 5.34. The van der Waals surface area contributed by atoms with Gasteiger partial charge in [0.1, 0.15) is 23.8 Å². The van der Waals surface area contributed by atoms with Gasteiger partial charge in [-0.3, -0.25) is 8.98 Å². The van der Waals surface area contributed by atoms with Crippen molar-refractivity contribution < 1.29 is 31.6 Å². The highest BCUT2D eigenvalue weighted by atomic mass is 32.2. The number of halogens is 1. The van der Waals surface area contributed by atoms with Gasteiger partial charge in [0.25, 0.3) is 10.1 Å². The molecule has 0 aliphatic carbocycles. The fourth-order valence-corrected chi connectivity index (χ4v) is 3.50. The number of carbonyl (C=O) groups is 1. The standard InChI is InChI=1S/C18H17FO6S/c1-11-2-5-13(6-3-11)26(22,23)24-10-16(21)18-9-15(20)14-8-12(19)4-7-17(14)25-18/h2-8,16,18,21H,9-10H2,1H3/t16?,18-/m0/s1. The molecule has 1 heterocycles. The van der Waals surface area contributed by atoms with E-state index in [1.54, 1.807) is 12.1 Å². The summed E-state index contributed by atoms with van der Waals surface area (Å²) in [6.07, 6.45) is -2.53. The minimum atomic E-state index is -4.04. The molecule has 26 heavy (non-hydrogen) atoms. The highest BCUT2D eigenvalue weighted by molar-refractivity contribution is 7.86. The number of aliphatic hydroxyl groups is 1. The lowest BCUT2D eigenvalue weighted by molar-refractivity contribution is 0.000495. The molecule has 1 unspecified atom stereocenters. The van der Waals surface area contributed by atoms with Crippen LogP contribution in [0.5, 0.6) is 5.75 Å². The molecule has 0 bridgehead atoms. The van der Waals surface area contributed by atoms with Gasteiger partial charge in [0.05, 0.1) is 23.5 Å². The zero-order valence-electron chi connectivity index (χ0n) is 13.9. The van der Waals surface area contributed by atoms with E-state index in [1.807, 2.05) is 6.92 Å². The number of aliphatic hydroxyl groups excluding tert-OH is 1. The lowest BCUT2D eigenvalue weighted by Crippen LogP contribution is -2.40. The zero-order valence-corrected chi connectivity index (χ0v) is 14.7. The number of carbonyl (C=O) groups excluding carboxylic acids is 1. The first-order chi connectivity index (χ1) is 12.3. The maximum Gasteiger partial charge on any atom is 0.297 e. The number of hydrogen-bond acceptors (Lipinski definition) is 6. The first-order valence-electron chi connectivity index (χ1n) is 7.90. The second-order valence-corrected chi connectivity index (χ2v) is 7.66. The molecule has 8 heteroatoms. The predicted molar refractivity (Wildman–Crippen MR) is 90.1 cm³/mol. The average Bonchev–Trinajstić information content (AvgIpc) is 2.60. The Morgan fingerprint density at radius 1 is 1.27 bits per heavy atom. The van der Waals surface area contributed by atoms with Crippen molar-refractivity contribution in [3.8, 4) is 5.75 Å². The molecule has 6 nitrogen and oxygen atoms in total. The number of ketones is 1. The molecule has 0 spiro atoms. The minimum absolute atomic E-state index is 0.0308. The summed E-state index contributed by atoms with van der Waals surface area (Å²) in [5.74, 6) is -0.809. The SMILES string of the molecule is Cc1ccc(S(=O)(=O)OCC(O)[C@@H]2CC(=O)c3cc(F)ccc3O2)cc1. The van der Waals surface area contributed by atoms with E-state index < -0.39 is 40.5 Å². The number of hydrogen-bond donors (Lipinski definition) is 1. The molecule has 1 N–H and O–H groups in total. The summed E-state index contributed by atoms with van der Waals surface area (Å²) in [5, 5.41) is 10.2. The largest absolute Gasteiger partial charge is 0.486 e. The van der Waals surface area contributed by atoms with Crippen LogP contribution in [0.3, 0.4) is 0 Å². The Bertz CT molecular complexity index is 923. The van der Waals surface area contributed by atoms with E-state index in [-0.39, 0.29) is 22.6 Å². The van der Waals surface area contributed by atoms with Crippen LogP contribution in [0.2, 0.25) is 0 Å². The summed E-state index contributed by atoms with van der Waals surface area (Å²) in [5.41, 5.74) is 0.995. The van der Waals surface area contributed by atoms with Gasteiger partial charge in [0, 0.05) is 0 Å². The van der Waals surface area contributed by atoms with Crippen LogP contribution in [0.25, 0.3) is 0 Å². The van der Waals surface area contributed by atoms with Crippen molar-refractivity contribution in [1.82, 2.24) is 0 Å². The van der Waals surface area contributed by atoms with E-state index in [0.717, 1.165) is 17.7 Å². The van der Waals surface area contributed by atoms with Crippen molar-refractivity contribution in [3.63, 3.8) is 0 Å². The topological polar surface area (TPSA) is 89.9 Å². The Balaban J connectivity index is 1.67. The summed E-state index contributed by atoms with van der Waals surface area (Å²) in [7, 11) is -4.04. The molecule has 0 radical (unpaired) electrons. The highest BCUT2D eigenvalue weighted by Crippen LogP contribution is 2.29. The van der Waals surface area contributed by atoms with Crippen molar-refractivity contribution in [3.05, 3.63) is 59.4 Å². The summed E-state index contributed by atoms with van der Waals surface area (Å²) in [6.45, 7) is 1.26. The number of fused-ring (bicyclic) bond motifs is 1. The average molecular weight is 380 g/mol. The van der Waals surface area contributed by atoms with E-state index in [4.69, 9.17) is 8.92 Å². The molecular weight excluding hydrogens is 363 g/mol. The molecule has 0 aromatic heterocycles. The zero-order chi connectivity index (χ0) is 18.9. The number of Topliss-reactive ketones (excluding diaryl/α,β-unsaturated/α-hetero) is 1. The smallest absolute Gasteiger partial charge is 0.297 e. The molecule has 0 fully saturated rings. The third-order valence-electron chi connectivity index (χ3n) is 4.04. The van der Waals surface area contributed by atoms with E-state index >= 15 is 0 Å². The van der Waals surface area contributed by atoms with Crippen LogP contribution in [-0.4, -0.2) is 38.1 Å². The molecule has 0 saturated carbocycles. The van der Waals surface area contributed by atoms with Crippen LogP contribution in [0, 0.1) is 12.7 Å². The van der Waals surface area contributed by atoms with E-state index in [1.165, 1.54) is 18.2 Å². The van der Waals surface area contributed by atoms with Crippen molar-refractivity contribution >= 4 is 15.9 Å². The van der Waals surface area contributed by atoms with Gasteiger partial charge in [-0.25, -0.2) is 4.39 Å². The van der Waals surface area contributed by atoms with Crippen molar-refractivity contribution in [2.24, 2.45) is 0 Å². The van der Waals surface area contributed by atoms with Crippen LogP contribution in [-0.2, 0) is 14.3 Å². The number of rotatable bonds is 5. The molecule has 1 aliphatic heterocycles. The molecule has 2 aromatic carbocycles. The fraction of sp³-hybridized carbons (Fsp3) is 0.278. The summed E-state index contributed by atoms with van der Waals surface area (Å²) >= 11 is 0. The molecule has 138 valence electrons. The number of ether oxygens (including phenoxy) is 1. The minimum Gasteiger partial charge on any atom is -0.486 e. The van der Waals surface area contributed by atoms with Gasteiger partial charge in [-0.15, -0.1) is 0 Å². The second-order valence-electron chi connectivity index (χ2n) is 6.04. The lowest BCUT2D eigenvalue weighted by atomic mass is 9.98. The molecular formula is C18H17FO6S. The van der Waals surface area contributed by atoms with Crippen LogP contribution >= 0.6 is 0 Å². The molecule has 0 amide bonds. The quantitative estimate of drug-likeness (QED) is 0.800. The fourth-order valence-electron chi connectivity index (χ4n) is 2.57. The summed E-state index contributed by atoms with van der Waals surface area (Å²) in [6, 6.07) is 9.57. The Hall–Kier alpha value is -2.29. The molecule has 0 saturated heterocycles. The first kappa shape index (κ1) is 18.5. The van der Waals surface area contributed by atoms with Crippen LogP contribution < -0.4 is 4.74 Å². The second kappa shape index (κ2) is 7.14. The Kier molecular flexibility index (Phi) is 5.08. The van der Waals surface area contributed by atoms with Crippen molar-refractivity contribution in [2.75, 3.05) is 6.61 Å². The van der Waals surface area contributed by atoms with Gasteiger partial charge in [-0.1, -0.05) is 17.7 Å². The van der Waals surface area contributed by atoms with Gasteiger partial charge in [-0.2, -0.15) is 8.42 Å². The van der Waals surface area contributed by atoms with Gasteiger partial charge in [0.15, 0.2) is 5.78 Å². The van der Waals surface area contributed by atoms with Gasteiger partial charge >= 0.3 is 0 Å². The molecule has 2 aromatic rings. The van der Waals surface area contributed by atoms with Crippen LogP contribution in [0.4, 0.5) is 4.39 Å². The van der Waals surface area contributed by atoms with E-state index in [2.05, 4.69) is 0 Å². The van der Waals surface area contributed by atoms with Crippen molar-refractivity contribution in [2.45, 2.75) is 30.4 Å². The van der Waals surface area contributed by atoms with Crippen molar-refractivity contribution in [1.29, 1.82) is 0 Å². The molecule has 1 aliphatic rings. The van der Waals surface area contributed by atoms with E-state index in [0.29, 0.717) is 0 Å². The molecule has 2 atom stereocenters. The monoisotopic (exact) mass is 380 g/mol. The number of aryl methyl sites for hydroxylation is 1. The van der Waals surface area contributed by atoms with Crippen LogP contribution in [0.15, 0.2) is 47.4 Å². The lowest BCUT2D eigenvalue weighted by Gasteiger charge is -2.28. The first-order valence-corrected chi connectivity index (χ1v) is 9.30. The Morgan fingerprint density at radius 2 is 1.96 bits per heavy atom. The summed E-state index contributed by atoms with van der Waals surface area (Å²) in [4.78, 5) is 12.1. The highest BCUT2D eigenvalue weighted by Gasteiger charge is 2.33.